The maximum atomic E-state index is 13.6. The molecule has 2 aliphatic rings. The van der Waals surface area contributed by atoms with Crippen molar-refractivity contribution in [2.75, 3.05) is 26.2 Å². The second kappa shape index (κ2) is 10.2. The maximum absolute atomic E-state index is 13.6. The lowest BCUT2D eigenvalue weighted by Gasteiger charge is -2.44. The van der Waals surface area contributed by atoms with Crippen LogP contribution in [0.1, 0.15) is 47.4 Å². The molecule has 2 aliphatic heterocycles. The number of benzene rings is 2. The van der Waals surface area contributed by atoms with Gasteiger partial charge >= 0.3 is 0 Å². The number of hydrogen-bond acceptors (Lipinski definition) is 4. The van der Waals surface area contributed by atoms with E-state index in [2.05, 4.69) is 5.32 Å². The second-order valence-electron chi connectivity index (χ2n) is 9.23. The molecule has 2 aromatic carbocycles. The van der Waals surface area contributed by atoms with Crippen molar-refractivity contribution in [2.24, 2.45) is 5.92 Å². The number of ether oxygens (including phenoxy) is 1. The number of nitrogens with zero attached hydrogens (tertiary/aromatic N) is 2. The fourth-order valence-corrected chi connectivity index (χ4v) is 4.79. The monoisotopic (exact) mass is 483 g/mol. The summed E-state index contributed by atoms with van der Waals surface area (Å²) in [6.45, 7) is 5.47. The molecule has 0 aromatic heterocycles. The van der Waals surface area contributed by atoms with Crippen LogP contribution in [0, 0.1) is 5.92 Å². The van der Waals surface area contributed by atoms with E-state index in [1.165, 1.54) is 0 Å². The Morgan fingerprint density at radius 3 is 2.32 bits per heavy atom. The van der Waals surface area contributed by atoms with Gasteiger partial charge < -0.3 is 15.0 Å². The third-order valence-corrected chi connectivity index (χ3v) is 6.75. The summed E-state index contributed by atoms with van der Waals surface area (Å²) in [4.78, 5) is 43.0. The van der Waals surface area contributed by atoms with Crippen molar-refractivity contribution in [3.05, 3.63) is 70.7 Å². The molecule has 2 heterocycles. The largest absolute Gasteiger partial charge is 0.354 e. The van der Waals surface area contributed by atoms with E-state index in [1.807, 2.05) is 19.9 Å². The fraction of sp³-hybridized carbons (Fsp3) is 0.423. The predicted molar refractivity (Wildman–Crippen MR) is 130 cm³/mol. The molecule has 0 aliphatic carbocycles. The normalized spacial score (nSPS) is 19.5. The van der Waals surface area contributed by atoms with Crippen LogP contribution in [-0.2, 0) is 9.53 Å². The summed E-state index contributed by atoms with van der Waals surface area (Å²) >= 11 is 6.23. The maximum Gasteiger partial charge on any atom is 0.256 e. The summed E-state index contributed by atoms with van der Waals surface area (Å²) in [5, 5.41) is 3.35. The Hall–Kier alpha value is -2.90. The first-order valence-corrected chi connectivity index (χ1v) is 12.0. The first-order valence-electron chi connectivity index (χ1n) is 11.7. The molecule has 4 rings (SSSR count). The zero-order chi connectivity index (χ0) is 24.3. The minimum Gasteiger partial charge on any atom is -0.354 e. The fourth-order valence-electron chi connectivity index (χ4n) is 4.57. The number of carbonyl (C=O) groups is 3. The molecule has 8 heteroatoms. The predicted octanol–water partition coefficient (Wildman–Crippen LogP) is 3.59. The lowest BCUT2D eigenvalue weighted by Crippen LogP contribution is -2.60. The van der Waals surface area contributed by atoms with Crippen LogP contribution in [0.25, 0.3) is 0 Å². The number of halogens is 1. The molecule has 0 bridgehead atoms. The van der Waals surface area contributed by atoms with Gasteiger partial charge in [-0.2, -0.15) is 0 Å². The van der Waals surface area contributed by atoms with Crippen LogP contribution < -0.4 is 5.32 Å². The molecule has 180 valence electrons. The molecule has 0 unspecified atom stereocenters. The topological polar surface area (TPSA) is 79.0 Å². The molecule has 7 nitrogen and oxygen atoms in total. The molecule has 1 atom stereocenters. The zero-order valence-electron chi connectivity index (χ0n) is 19.5. The van der Waals surface area contributed by atoms with Crippen LogP contribution in [-0.4, -0.2) is 65.5 Å². The first kappa shape index (κ1) is 24.2. The minimum absolute atomic E-state index is 0.126. The lowest BCUT2D eigenvalue weighted by molar-refractivity contribution is -0.128. The zero-order valence-corrected chi connectivity index (χ0v) is 20.3. The van der Waals surface area contributed by atoms with Crippen LogP contribution in [0.4, 0.5) is 0 Å². The Morgan fingerprint density at radius 1 is 1.03 bits per heavy atom. The van der Waals surface area contributed by atoms with Crippen molar-refractivity contribution >= 4 is 29.3 Å². The van der Waals surface area contributed by atoms with Gasteiger partial charge in [0.15, 0.2) is 0 Å². The average molecular weight is 484 g/mol. The summed E-state index contributed by atoms with van der Waals surface area (Å²) in [6, 6.07) is 15.2. The van der Waals surface area contributed by atoms with Crippen LogP contribution in [0.2, 0.25) is 5.02 Å². The Labute approximate surface area is 205 Å². The smallest absolute Gasteiger partial charge is 0.256 e. The first-order chi connectivity index (χ1) is 16.3. The van der Waals surface area contributed by atoms with E-state index in [0.29, 0.717) is 48.6 Å². The van der Waals surface area contributed by atoms with Crippen molar-refractivity contribution in [1.29, 1.82) is 0 Å². The number of hydrogen-bond donors (Lipinski definition) is 1. The SMILES string of the molecule is CC(C)CNC(=O)[C@@H]1COC2(CCN(C(=O)c3ccccc3Cl)CC2)N1C(=O)c1ccccc1. The Bertz CT molecular complexity index is 1050. The molecular weight excluding hydrogens is 454 g/mol. The highest BCUT2D eigenvalue weighted by atomic mass is 35.5. The highest BCUT2D eigenvalue weighted by Crippen LogP contribution is 2.39. The average Bonchev–Trinajstić information content (AvgIpc) is 3.21. The molecule has 0 saturated carbocycles. The summed E-state index contributed by atoms with van der Waals surface area (Å²) in [6.07, 6.45) is 0.825. The lowest BCUT2D eigenvalue weighted by atomic mass is 9.96. The van der Waals surface area contributed by atoms with Gasteiger partial charge in [-0.15, -0.1) is 0 Å². The molecule has 34 heavy (non-hydrogen) atoms. The van der Waals surface area contributed by atoms with E-state index in [0.717, 1.165) is 0 Å². The molecular formula is C26H30ClN3O4. The molecule has 1 N–H and O–H groups in total. The summed E-state index contributed by atoms with van der Waals surface area (Å²) in [5.74, 6) is -0.318. The molecule has 2 aromatic rings. The number of rotatable bonds is 5. The van der Waals surface area contributed by atoms with Crippen molar-refractivity contribution in [1.82, 2.24) is 15.1 Å². The van der Waals surface area contributed by atoms with Crippen molar-refractivity contribution in [2.45, 2.75) is 38.5 Å². The van der Waals surface area contributed by atoms with Crippen LogP contribution in [0.5, 0.6) is 0 Å². The highest BCUT2D eigenvalue weighted by Gasteiger charge is 2.54. The van der Waals surface area contributed by atoms with Gasteiger partial charge in [-0.3, -0.25) is 19.3 Å². The van der Waals surface area contributed by atoms with Crippen LogP contribution in [0.15, 0.2) is 54.6 Å². The third-order valence-electron chi connectivity index (χ3n) is 6.42. The summed E-state index contributed by atoms with van der Waals surface area (Å²) in [5.41, 5.74) is 0.0172. The van der Waals surface area contributed by atoms with Crippen molar-refractivity contribution in [3.8, 4) is 0 Å². The van der Waals surface area contributed by atoms with E-state index < -0.39 is 11.8 Å². The van der Waals surface area contributed by atoms with Gasteiger partial charge in [-0.25, -0.2) is 0 Å². The van der Waals surface area contributed by atoms with Gasteiger partial charge in [-0.1, -0.05) is 55.8 Å². The number of carbonyl (C=O) groups excluding carboxylic acids is 3. The van der Waals surface area contributed by atoms with Gasteiger partial charge in [0.05, 0.1) is 17.2 Å². The van der Waals surface area contributed by atoms with Crippen LogP contribution in [0.3, 0.4) is 0 Å². The molecule has 2 fully saturated rings. The quantitative estimate of drug-likeness (QED) is 0.705. The van der Waals surface area contributed by atoms with E-state index in [-0.39, 0.29) is 30.2 Å². The highest BCUT2D eigenvalue weighted by molar-refractivity contribution is 6.33. The molecule has 3 amide bonds. The Kier molecular flexibility index (Phi) is 7.24. The Balaban J connectivity index is 1.56. The number of nitrogens with one attached hydrogen (secondary N) is 1. The molecule has 0 radical (unpaired) electrons. The minimum atomic E-state index is -0.940. The van der Waals surface area contributed by atoms with Crippen molar-refractivity contribution < 1.29 is 19.1 Å². The number of piperidine rings is 1. The third kappa shape index (κ3) is 4.81. The second-order valence-corrected chi connectivity index (χ2v) is 9.63. The van der Waals surface area contributed by atoms with Crippen LogP contribution >= 0.6 is 11.6 Å². The summed E-state index contributed by atoms with van der Waals surface area (Å²) in [7, 11) is 0. The number of likely N-dealkylation sites (tertiary alicyclic amines) is 1. The van der Waals surface area contributed by atoms with Crippen molar-refractivity contribution in [3.63, 3.8) is 0 Å². The van der Waals surface area contributed by atoms with E-state index in [1.54, 1.807) is 58.3 Å². The van der Waals surface area contributed by atoms with Gasteiger partial charge in [0.25, 0.3) is 11.8 Å². The van der Waals surface area contributed by atoms with E-state index >= 15 is 0 Å². The van der Waals surface area contributed by atoms with Gasteiger partial charge in [0.1, 0.15) is 11.8 Å². The Morgan fingerprint density at radius 2 is 1.68 bits per heavy atom. The van der Waals surface area contributed by atoms with E-state index in [4.69, 9.17) is 16.3 Å². The standard InChI is InChI=1S/C26H30ClN3O4/c1-18(2)16-28-23(31)22-17-34-26(30(22)24(32)19-8-4-3-5-9-19)12-14-29(15-13-26)25(33)20-10-6-7-11-21(20)27/h3-11,18,22H,12-17H2,1-2H3,(H,28,31)/t22-/m0/s1. The molecule has 1 spiro atoms. The number of amides is 3. The van der Waals surface area contributed by atoms with Gasteiger partial charge in [-0.05, 0) is 30.2 Å². The summed E-state index contributed by atoms with van der Waals surface area (Å²) < 4.78 is 6.21. The van der Waals surface area contributed by atoms with E-state index in [9.17, 15) is 14.4 Å². The van der Waals surface area contributed by atoms with Gasteiger partial charge in [0, 0.05) is 38.0 Å². The van der Waals surface area contributed by atoms with Gasteiger partial charge in [0.2, 0.25) is 5.91 Å². The molecule has 2 saturated heterocycles.